The quantitative estimate of drug-likeness (QED) is 0.681. The zero-order chi connectivity index (χ0) is 15.2. The number of phenolic OH excluding ortho intramolecular Hbond substituents is 2. The molecule has 110 valence electrons. The monoisotopic (exact) mass is 286 g/mol. The van der Waals surface area contributed by atoms with E-state index < -0.39 is 0 Å². The van der Waals surface area contributed by atoms with Crippen molar-refractivity contribution < 1.29 is 15.0 Å². The van der Waals surface area contributed by atoms with E-state index in [1.54, 1.807) is 13.0 Å². The molecule has 0 aliphatic rings. The topological polar surface area (TPSA) is 81.6 Å². The molecule has 4 N–H and O–H groups in total. The molecule has 0 bridgehead atoms. The van der Waals surface area contributed by atoms with Gasteiger partial charge in [0.15, 0.2) is 0 Å². The van der Waals surface area contributed by atoms with Crippen LogP contribution in [0, 0.1) is 0 Å². The zero-order valence-corrected chi connectivity index (χ0v) is 11.8. The summed E-state index contributed by atoms with van der Waals surface area (Å²) in [5.74, 6) is 0.0294. The summed E-state index contributed by atoms with van der Waals surface area (Å²) in [5, 5.41) is 24.9. The van der Waals surface area contributed by atoms with Crippen molar-refractivity contribution in [1.29, 1.82) is 0 Å². The molecule has 2 aromatic carbocycles. The van der Waals surface area contributed by atoms with E-state index in [9.17, 15) is 15.0 Å². The average molecular weight is 286 g/mol. The highest BCUT2D eigenvalue weighted by atomic mass is 16.3. The molecule has 0 aliphatic heterocycles. The summed E-state index contributed by atoms with van der Waals surface area (Å²) >= 11 is 0. The first-order valence-electron chi connectivity index (χ1n) is 6.73. The van der Waals surface area contributed by atoms with Crippen LogP contribution in [-0.2, 0) is 11.3 Å². The highest BCUT2D eigenvalue weighted by Crippen LogP contribution is 2.24. The van der Waals surface area contributed by atoms with Gasteiger partial charge in [0.25, 0.3) is 0 Å². The van der Waals surface area contributed by atoms with Gasteiger partial charge in [-0.25, -0.2) is 0 Å². The molecule has 0 spiro atoms. The van der Waals surface area contributed by atoms with E-state index in [1.807, 2.05) is 24.3 Å². The third kappa shape index (κ3) is 4.14. The Kier molecular flexibility index (Phi) is 4.66. The molecule has 0 unspecified atom stereocenters. The third-order valence-electron chi connectivity index (χ3n) is 3.02. The standard InChI is InChI=1S/C16H18N2O3/c1-2-16(21)18-13-5-3-4-12(8-13)17-10-11-6-7-14(19)9-15(11)20/h3-9,17,19-20H,2,10H2,1H3,(H,18,21). The van der Waals surface area contributed by atoms with Crippen LogP contribution < -0.4 is 10.6 Å². The predicted molar refractivity (Wildman–Crippen MR) is 82.5 cm³/mol. The second-order valence-electron chi connectivity index (χ2n) is 4.65. The smallest absolute Gasteiger partial charge is 0.224 e. The molecule has 0 saturated carbocycles. The second-order valence-corrected chi connectivity index (χ2v) is 4.65. The lowest BCUT2D eigenvalue weighted by Gasteiger charge is -2.10. The summed E-state index contributed by atoms with van der Waals surface area (Å²) in [4.78, 5) is 11.4. The van der Waals surface area contributed by atoms with Crippen molar-refractivity contribution in [3.05, 3.63) is 48.0 Å². The Bertz CT molecular complexity index is 641. The fourth-order valence-corrected chi connectivity index (χ4v) is 1.86. The molecular weight excluding hydrogens is 268 g/mol. The van der Waals surface area contributed by atoms with Crippen molar-refractivity contribution in [1.82, 2.24) is 0 Å². The fraction of sp³-hybridized carbons (Fsp3) is 0.188. The van der Waals surface area contributed by atoms with Crippen LogP contribution in [0.25, 0.3) is 0 Å². The van der Waals surface area contributed by atoms with Crippen LogP contribution >= 0.6 is 0 Å². The number of carbonyl (C=O) groups is 1. The molecule has 2 aromatic rings. The molecular formula is C16H18N2O3. The van der Waals surface area contributed by atoms with Gasteiger partial charge >= 0.3 is 0 Å². The van der Waals surface area contributed by atoms with Gasteiger partial charge in [-0.05, 0) is 30.3 Å². The van der Waals surface area contributed by atoms with Crippen LogP contribution in [0.3, 0.4) is 0 Å². The van der Waals surface area contributed by atoms with E-state index in [0.717, 1.165) is 11.4 Å². The summed E-state index contributed by atoms with van der Waals surface area (Å²) in [7, 11) is 0. The van der Waals surface area contributed by atoms with Crippen molar-refractivity contribution >= 4 is 17.3 Å². The number of carbonyl (C=O) groups excluding carboxylic acids is 1. The van der Waals surface area contributed by atoms with Crippen LogP contribution in [0.2, 0.25) is 0 Å². The summed E-state index contributed by atoms with van der Waals surface area (Å²) < 4.78 is 0. The first-order chi connectivity index (χ1) is 10.1. The number of aromatic hydroxyl groups is 2. The Morgan fingerprint density at radius 1 is 1.10 bits per heavy atom. The SMILES string of the molecule is CCC(=O)Nc1cccc(NCc2ccc(O)cc2O)c1. The largest absolute Gasteiger partial charge is 0.508 e. The number of phenols is 2. The number of benzene rings is 2. The Morgan fingerprint density at radius 2 is 1.86 bits per heavy atom. The number of hydrogen-bond donors (Lipinski definition) is 4. The van der Waals surface area contributed by atoms with Crippen LogP contribution in [0.5, 0.6) is 11.5 Å². The molecule has 0 saturated heterocycles. The number of anilines is 2. The van der Waals surface area contributed by atoms with E-state index >= 15 is 0 Å². The number of hydrogen-bond acceptors (Lipinski definition) is 4. The summed E-state index contributed by atoms with van der Waals surface area (Å²) in [5.41, 5.74) is 2.23. The maximum atomic E-state index is 11.4. The average Bonchev–Trinajstić information content (AvgIpc) is 2.46. The summed E-state index contributed by atoms with van der Waals surface area (Å²) in [6.45, 7) is 2.21. The van der Waals surface area contributed by atoms with Crippen molar-refractivity contribution in [2.75, 3.05) is 10.6 Å². The van der Waals surface area contributed by atoms with Crippen LogP contribution in [0.4, 0.5) is 11.4 Å². The Balaban J connectivity index is 2.03. The van der Waals surface area contributed by atoms with Crippen molar-refractivity contribution in [3.8, 4) is 11.5 Å². The molecule has 5 nitrogen and oxygen atoms in total. The van der Waals surface area contributed by atoms with Gasteiger partial charge in [0.05, 0.1) is 0 Å². The molecule has 0 atom stereocenters. The van der Waals surface area contributed by atoms with Gasteiger partial charge in [0, 0.05) is 36.0 Å². The van der Waals surface area contributed by atoms with Crippen molar-refractivity contribution in [2.24, 2.45) is 0 Å². The van der Waals surface area contributed by atoms with Crippen molar-refractivity contribution in [2.45, 2.75) is 19.9 Å². The minimum atomic E-state index is -0.0386. The van der Waals surface area contributed by atoms with E-state index in [2.05, 4.69) is 10.6 Å². The molecule has 21 heavy (non-hydrogen) atoms. The molecule has 0 fully saturated rings. The van der Waals surface area contributed by atoms with E-state index in [1.165, 1.54) is 12.1 Å². The highest BCUT2D eigenvalue weighted by molar-refractivity contribution is 5.90. The molecule has 5 heteroatoms. The van der Waals surface area contributed by atoms with Crippen LogP contribution in [0.1, 0.15) is 18.9 Å². The Labute approximate surface area is 123 Å². The number of amides is 1. The molecule has 0 heterocycles. The minimum absolute atomic E-state index is 0.0283. The lowest BCUT2D eigenvalue weighted by molar-refractivity contribution is -0.115. The van der Waals surface area contributed by atoms with Crippen LogP contribution in [0.15, 0.2) is 42.5 Å². The molecule has 0 aliphatic carbocycles. The molecule has 0 aromatic heterocycles. The van der Waals surface area contributed by atoms with Gasteiger partial charge in [-0.2, -0.15) is 0 Å². The third-order valence-corrected chi connectivity index (χ3v) is 3.02. The maximum Gasteiger partial charge on any atom is 0.224 e. The lowest BCUT2D eigenvalue weighted by Crippen LogP contribution is -2.09. The van der Waals surface area contributed by atoms with Gasteiger partial charge in [-0.15, -0.1) is 0 Å². The van der Waals surface area contributed by atoms with E-state index in [0.29, 0.717) is 18.5 Å². The summed E-state index contributed by atoms with van der Waals surface area (Å²) in [6.07, 6.45) is 0.430. The van der Waals surface area contributed by atoms with Gasteiger partial charge in [-0.3, -0.25) is 4.79 Å². The molecule has 2 rings (SSSR count). The maximum absolute atomic E-state index is 11.4. The van der Waals surface area contributed by atoms with Gasteiger partial charge in [0.2, 0.25) is 5.91 Å². The summed E-state index contributed by atoms with van der Waals surface area (Å²) in [6, 6.07) is 11.8. The normalized spacial score (nSPS) is 10.1. The first-order valence-corrected chi connectivity index (χ1v) is 6.73. The molecule has 1 amide bonds. The zero-order valence-electron chi connectivity index (χ0n) is 11.8. The predicted octanol–water partition coefficient (Wildman–Crippen LogP) is 3.06. The van der Waals surface area contributed by atoms with Crippen molar-refractivity contribution in [3.63, 3.8) is 0 Å². The van der Waals surface area contributed by atoms with Gasteiger partial charge in [0.1, 0.15) is 11.5 Å². The Morgan fingerprint density at radius 3 is 2.57 bits per heavy atom. The fourth-order valence-electron chi connectivity index (χ4n) is 1.86. The second kappa shape index (κ2) is 6.65. The number of nitrogens with one attached hydrogen (secondary N) is 2. The van der Waals surface area contributed by atoms with Gasteiger partial charge < -0.3 is 20.8 Å². The Hall–Kier alpha value is -2.69. The van der Waals surface area contributed by atoms with Crippen LogP contribution in [-0.4, -0.2) is 16.1 Å². The highest BCUT2D eigenvalue weighted by Gasteiger charge is 2.03. The van der Waals surface area contributed by atoms with E-state index in [-0.39, 0.29) is 17.4 Å². The van der Waals surface area contributed by atoms with Gasteiger partial charge in [-0.1, -0.05) is 13.0 Å². The lowest BCUT2D eigenvalue weighted by atomic mass is 10.2. The van der Waals surface area contributed by atoms with E-state index in [4.69, 9.17) is 0 Å². The number of rotatable bonds is 5. The minimum Gasteiger partial charge on any atom is -0.508 e. The molecule has 0 radical (unpaired) electrons. The first kappa shape index (κ1) is 14.7.